The molecule has 18 heavy (non-hydrogen) atoms. The Morgan fingerprint density at radius 3 is 2.83 bits per heavy atom. The van der Waals surface area contributed by atoms with Crippen LogP contribution in [0.4, 0.5) is 4.39 Å². The van der Waals surface area contributed by atoms with Crippen molar-refractivity contribution in [1.29, 1.82) is 0 Å². The lowest BCUT2D eigenvalue weighted by molar-refractivity contribution is 0.584. The van der Waals surface area contributed by atoms with Gasteiger partial charge < -0.3 is 9.88 Å². The number of imidazole rings is 1. The van der Waals surface area contributed by atoms with Gasteiger partial charge >= 0.3 is 0 Å². The molecule has 0 aliphatic carbocycles. The van der Waals surface area contributed by atoms with Gasteiger partial charge in [-0.2, -0.15) is 0 Å². The average molecular weight is 247 g/mol. The van der Waals surface area contributed by atoms with E-state index in [2.05, 4.69) is 21.8 Å². The van der Waals surface area contributed by atoms with E-state index in [4.69, 9.17) is 0 Å². The van der Waals surface area contributed by atoms with Crippen molar-refractivity contribution in [3.63, 3.8) is 0 Å². The van der Waals surface area contributed by atoms with Crippen molar-refractivity contribution in [2.45, 2.75) is 26.4 Å². The molecule has 0 saturated carbocycles. The average Bonchev–Trinajstić information content (AvgIpc) is 2.83. The molecule has 0 aliphatic heterocycles. The third-order valence-electron chi connectivity index (χ3n) is 3.15. The van der Waals surface area contributed by atoms with Crippen LogP contribution in [0, 0.1) is 12.7 Å². The molecular weight excluding hydrogens is 229 g/mol. The second kappa shape index (κ2) is 5.31. The molecule has 2 aromatic rings. The van der Waals surface area contributed by atoms with Crippen molar-refractivity contribution in [2.75, 3.05) is 7.05 Å². The zero-order valence-corrected chi connectivity index (χ0v) is 10.9. The predicted molar refractivity (Wildman–Crippen MR) is 69.9 cm³/mol. The Morgan fingerprint density at radius 2 is 2.22 bits per heavy atom. The second-order valence-corrected chi connectivity index (χ2v) is 4.30. The number of aryl methyl sites for hydroxylation is 2. The fourth-order valence-electron chi connectivity index (χ4n) is 2.14. The smallest absolute Gasteiger partial charge is 0.130 e. The van der Waals surface area contributed by atoms with Gasteiger partial charge in [0, 0.05) is 18.9 Å². The first-order chi connectivity index (χ1) is 8.67. The number of rotatable bonds is 4. The maximum absolute atomic E-state index is 13.3. The Morgan fingerprint density at radius 1 is 1.44 bits per heavy atom. The van der Waals surface area contributed by atoms with Crippen LogP contribution in [0.2, 0.25) is 0 Å². The normalized spacial score (nSPS) is 12.7. The van der Waals surface area contributed by atoms with Gasteiger partial charge in [0.2, 0.25) is 0 Å². The summed E-state index contributed by atoms with van der Waals surface area (Å²) in [5.74, 6) is 0.776. The number of aromatic nitrogens is 2. The van der Waals surface area contributed by atoms with E-state index in [9.17, 15) is 4.39 Å². The topological polar surface area (TPSA) is 29.9 Å². The molecule has 0 fully saturated rings. The Bertz CT molecular complexity index is 534. The minimum atomic E-state index is -0.174. The van der Waals surface area contributed by atoms with E-state index in [0.717, 1.165) is 17.9 Å². The molecule has 1 atom stereocenters. The first-order valence-corrected chi connectivity index (χ1v) is 6.11. The predicted octanol–water partition coefficient (Wildman–Crippen LogP) is 2.66. The van der Waals surface area contributed by atoms with Crippen LogP contribution in [-0.2, 0) is 6.54 Å². The van der Waals surface area contributed by atoms with E-state index in [1.165, 1.54) is 6.07 Å². The molecule has 0 aliphatic rings. The van der Waals surface area contributed by atoms with Crippen molar-refractivity contribution < 1.29 is 4.39 Å². The van der Waals surface area contributed by atoms with Crippen LogP contribution in [0.3, 0.4) is 0 Å². The number of hydrogen-bond acceptors (Lipinski definition) is 2. The highest BCUT2D eigenvalue weighted by molar-refractivity contribution is 5.30. The van der Waals surface area contributed by atoms with Crippen molar-refractivity contribution in [2.24, 2.45) is 0 Å². The molecule has 1 N–H and O–H groups in total. The van der Waals surface area contributed by atoms with Crippen molar-refractivity contribution >= 4 is 0 Å². The van der Waals surface area contributed by atoms with E-state index < -0.39 is 0 Å². The van der Waals surface area contributed by atoms with Crippen molar-refractivity contribution in [3.05, 3.63) is 53.4 Å². The van der Waals surface area contributed by atoms with Crippen molar-refractivity contribution in [3.8, 4) is 0 Å². The fourth-order valence-corrected chi connectivity index (χ4v) is 2.14. The van der Waals surface area contributed by atoms with Gasteiger partial charge in [0.1, 0.15) is 11.6 Å². The summed E-state index contributed by atoms with van der Waals surface area (Å²) >= 11 is 0. The van der Waals surface area contributed by atoms with Crippen LogP contribution in [-0.4, -0.2) is 16.6 Å². The minimum absolute atomic E-state index is 0.0146. The molecule has 2 rings (SSSR count). The third kappa shape index (κ3) is 2.29. The van der Waals surface area contributed by atoms with E-state index in [-0.39, 0.29) is 11.9 Å². The molecule has 3 nitrogen and oxygen atoms in total. The van der Waals surface area contributed by atoms with Crippen molar-refractivity contribution in [1.82, 2.24) is 14.9 Å². The molecule has 0 saturated heterocycles. The summed E-state index contributed by atoms with van der Waals surface area (Å²) in [6.07, 6.45) is 3.75. The summed E-state index contributed by atoms with van der Waals surface area (Å²) in [4.78, 5) is 4.39. The van der Waals surface area contributed by atoms with Crippen LogP contribution in [0.25, 0.3) is 0 Å². The molecule has 0 bridgehead atoms. The Hall–Kier alpha value is -1.68. The van der Waals surface area contributed by atoms with Gasteiger partial charge in [-0.3, -0.25) is 0 Å². The lowest BCUT2D eigenvalue weighted by Crippen LogP contribution is -2.22. The van der Waals surface area contributed by atoms with Gasteiger partial charge in [0.25, 0.3) is 0 Å². The Kier molecular flexibility index (Phi) is 3.77. The summed E-state index contributed by atoms with van der Waals surface area (Å²) in [7, 11) is 1.89. The zero-order chi connectivity index (χ0) is 13.1. The lowest BCUT2D eigenvalue weighted by Gasteiger charge is -2.18. The SMILES string of the molecule is CCn1ccnc1C(NC)c1ccc(F)c(C)c1. The first kappa shape index (κ1) is 12.8. The van der Waals surface area contributed by atoms with Gasteiger partial charge in [0.05, 0.1) is 6.04 Å². The van der Waals surface area contributed by atoms with Gasteiger partial charge in [-0.15, -0.1) is 0 Å². The molecule has 0 spiro atoms. The maximum Gasteiger partial charge on any atom is 0.130 e. The highest BCUT2D eigenvalue weighted by Gasteiger charge is 2.17. The molecule has 4 heteroatoms. The maximum atomic E-state index is 13.3. The summed E-state index contributed by atoms with van der Waals surface area (Å²) < 4.78 is 15.4. The minimum Gasteiger partial charge on any atom is -0.334 e. The molecular formula is C14H18FN3. The van der Waals surface area contributed by atoms with Gasteiger partial charge in [0.15, 0.2) is 0 Å². The zero-order valence-electron chi connectivity index (χ0n) is 10.9. The summed E-state index contributed by atoms with van der Waals surface area (Å²) in [6, 6.07) is 5.16. The highest BCUT2D eigenvalue weighted by atomic mass is 19.1. The second-order valence-electron chi connectivity index (χ2n) is 4.30. The summed E-state index contributed by atoms with van der Waals surface area (Å²) in [6.45, 7) is 4.72. The highest BCUT2D eigenvalue weighted by Crippen LogP contribution is 2.22. The van der Waals surface area contributed by atoms with Gasteiger partial charge in [-0.1, -0.05) is 12.1 Å². The van der Waals surface area contributed by atoms with Crippen LogP contribution < -0.4 is 5.32 Å². The Labute approximate surface area is 107 Å². The first-order valence-electron chi connectivity index (χ1n) is 6.11. The number of hydrogen-bond donors (Lipinski definition) is 1. The molecule has 1 heterocycles. The number of nitrogens with one attached hydrogen (secondary N) is 1. The number of benzene rings is 1. The molecule has 96 valence electrons. The largest absolute Gasteiger partial charge is 0.334 e. The van der Waals surface area contributed by atoms with Gasteiger partial charge in [-0.05, 0) is 38.1 Å². The monoisotopic (exact) mass is 247 g/mol. The molecule has 1 aromatic carbocycles. The summed E-state index contributed by atoms with van der Waals surface area (Å²) in [5.41, 5.74) is 1.68. The molecule has 1 aromatic heterocycles. The molecule has 0 radical (unpaired) electrons. The Balaban J connectivity index is 2.42. The lowest BCUT2D eigenvalue weighted by atomic mass is 10.0. The number of halogens is 1. The van der Waals surface area contributed by atoms with Crippen LogP contribution >= 0.6 is 0 Å². The summed E-state index contributed by atoms with van der Waals surface area (Å²) in [5, 5.41) is 3.24. The van der Waals surface area contributed by atoms with Crippen LogP contribution in [0.15, 0.2) is 30.6 Å². The third-order valence-corrected chi connectivity index (χ3v) is 3.15. The number of nitrogens with zero attached hydrogens (tertiary/aromatic N) is 2. The quantitative estimate of drug-likeness (QED) is 0.900. The van der Waals surface area contributed by atoms with E-state index in [1.54, 1.807) is 19.2 Å². The molecule has 1 unspecified atom stereocenters. The van der Waals surface area contributed by atoms with E-state index in [1.807, 2.05) is 19.3 Å². The van der Waals surface area contributed by atoms with Gasteiger partial charge in [-0.25, -0.2) is 9.37 Å². The van der Waals surface area contributed by atoms with Crippen LogP contribution in [0.1, 0.15) is 29.9 Å². The van der Waals surface area contributed by atoms with E-state index >= 15 is 0 Å². The van der Waals surface area contributed by atoms with E-state index in [0.29, 0.717) is 5.56 Å². The molecule has 0 amide bonds. The standard InChI is InChI=1S/C14H18FN3/c1-4-18-8-7-17-14(18)13(16-3)11-5-6-12(15)10(2)9-11/h5-9,13,16H,4H2,1-3H3. The fraction of sp³-hybridized carbons (Fsp3) is 0.357. The van der Waals surface area contributed by atoms with Crippen LogP contribution in [0.5, 0.6) is 0 Å².